The molecule has 0 heteroatoms. The van der Waals surface area contributed by atoms with Crippen molar-refractivity contribution >= 4 is 0 Å². The van der Waals surface area contributed by atoms with E-state index in [0.717, 1.165) is 12.8 Å². The molecule has 0 aliphatic carbocycles. The molecule has 26 heavy (non-hydrogen) atoms. The number of hydrogen-bond donors (Lipinski definition) is 0. The molecule has 0 N–H and O–H groups in total. The predicted molar refractivity (Wildman–Crippen MR) is 117 cm³/mol. The van der Waals surface area contributed by atoms with Crippen molar-refractivity contribution in [3.63, 3.8) is 0 Å². The Bertz CT molecular complexity index is 603. The average molecular weight is 349 g/mol. The molecule has 0 saturated heterocycles. The molecule has 0 bridgehead atoms. The van der Waals surface area contributed by atoms with Crippen LogP contribution in [0, 0.1) is 0 Å². The van der Waals surface area contributed by atoms with Gasteiger partial charge in [0.15, 0.2) is 0 Å². The van der Waals surface area contributed by atoms with Gasteiger partial charge in [-0.2, -0.15) is 0 Å². The molecule has 0 amide bonds. The van der Waals surface area contributed by atoms with E-state index in [1.165, 1.54) is 80.0 Å². The summed E-state index contributed by atoms with van der Waals surface area (Å²) in [5, 5.41) is 0. The summed E-state index contributed by atoms with van der Waals surface area (Å²) in [5.41, 5.74) is 5.49. The molecule has 0 spiro atoms. The maximum atomic E-state index is 3.80. The first-order chi connectivity index (χ1) is 12.8. The van der Waals surface area contributed by atoms with E-state index in [2.05, 4.69) is 62.0 Å². The van der Waals surface area contributed by atoms with Crippen molar-refractivity contribution < 1.29 is 0 Å². The van der Waals surface area contributed by atoms with Gasteiger partial charge in [0, 0.05) is 0 Å². The Labute approximate surface area is 161 Å². The summed E-state index contributed by atoms with van der Waals surface area (Å²) in [6.45, 7) is 6.08. The van der Waals surface area contributed by atoms with Crippen molar-refractivity contribution in [3.05, 3.63) is 72.3 Å². The first kappa shape index (κ1) is 20.5. The quantitative estimate of drug-likeness (QED) is 0.253. The highest BCUT2D eigenvalue weighted by atomic mass is 14.1. The zero-order valence-electron chi connectivity index (χ0n) is 16.7. The van der Waals surface area contributed by atoms with E-state index in [0.29, 0.717) is 0 Å². The number of benzene rings is 2. The first-order valence-electron chi connectivity index (χ1n) is 10.6. The fourth-order valence-electron chi connectivity index (χ4n) is 3.46. The Morgan fingerprint density at radius 3 is 1.58 bits per heavy atom. The van der Waals surface area contributed by atoms with Crippen LogP contribution in [0.2, 0.25) is 0 Å². The molecule has 0 aromatic heterocycles. The second-order valence-corrected chi connectivity index (χ2v) is 7.45. The van der Waals surface area contributed by atoms with Crippen LogP contribution in [0.4, 0.5) is 0 Å². The van der Waals surface area contributed by atoms with E-state index in [-0.39, 0.29) is 0 Å². The number of aryl methyl sites for hydroxylation is 2. The van der Waals surface area contributed by atoms with Crippen molar-refractivity contribution in [1.82, 2.24) is 0 Å². The minimum atomic E-state index is 1.05. The third-order valence-corrected chi connectivity index (χ3v) is 5.20. The molecular formula is C26H36. The standard InChI is InChI=1S/C26H36/c1-3-5-7-8-9-10-11-12-14-24-17-21-26(22-18-24)25-19-15-23(16-20-25)13-6-4-2/h4,15-22H,2-3,5-14H2,1H3. The number of rotatable bonds is 13. The Balaban J connectivity index is 1.71. The van der Waals surface area contributed by atoms with Crippen LogP contribution in [0.1, 0.15) is 75.8 Å². The monoisotopic (exact) mass is 348 g/mol. The van der Waals surface area contributed by atoms with Gasteiger partial charge in [-0.1, -0.05) is 106 Å². The number of hydrogen-bond acceptors (Lipinski definition) is 0. The van der Waals surface area contributed by atoms with Crippen molar-refractivity contribution in [2.75, 3.05) is 0 Å². The van der Waals surface area contributed by atoms with Crippen molar-refractivity contribution in [2.24, 2.45) is 0 Å². The van der Waals surface area contributed by atoms with Gasteiger partial charge >= 0.3 is 0 Å². The van der Waals surface area contributed by atoms with E-state index in [1.54, 1.807) is 0 Å². The van der Waals surface area contributed by atoms with Gasteiger partial charge in [0.05, 0.1) is 0 Å². The topological polar surface area (TPSA) is 0 Å². The highest BCUT2D eigenvalue weighted by Crippen LogP contribution is 2.21. The summed E-state index contributed by atoms with van der Waals surface area (Å²) in [4.78, 5) is 0. The second-order valence-electron chi connectivity index (χ2n) is 7.45. The van der Waals surface area contributed by atoms with Crippen LogP contribution >= 0.6 is 0 Å². The van der Waals surface area contributed by atoms with E-state index in [4.69, 9.17) is 0 Å². The molecule has 0 fully saturated rings. The molecule has 0 aliphatic rings. The van der Waals surface area contributed by atoms with Crippen LogP contribution in [0.5, 0.6) is 0 Å². The molecule has 2 aromatic carbocycles. The maximum Gasteiger partial charge on any atom is -0.0184 e. The normalized spacial score (nSPS) is 10.8. The van der Waals surface area contributed by atoms with Gasteiger partial charge in [-0.15, -0.1) is 6.58 Å². The summed E-state index contributed by atoms with van der Waals surface area (Å²) < 4.78 is 0. The summed E-state index contributed by atoms with van der Waals surface area (Å²) >= 11 is 0. The molecule has 2 aromatic rings. The molecule has 0 saturated carbocycles. The van der Waals surface area contributed by atoms with E-state index in [1.807, 2.05) is 6.08 Å². The highest BCUT2D eigenvalue weighted by Gasteiger charge is 2.00. The molecule has 140 valence electrons. The van der Waals surface area contributed by atoms with E-state index in [9.17, 15) is 0 Å². The van der Waals surface area contributed by atoms with E-state index < -0.39 is 0 Å². The summed E-state index contributed by atoms with van der Waals surface area (Å²) in [6.07, 6.45) is 16.5. The lowest BCUT2D eigenvalue weighted by Gasteiger charge is -2.06. The van der Waals surface area contributed by atoms with Gasteiger partial charge in [-0.25, -0.2) is 0 Å². The molecule has 0 unspecified atom stereocenters. The van der Waals surface area contributed by atoms with Crippen LogP contribution in [0.25, 0.3) is 11.1 Å². The number of allylic oxidation sites excluding steroid dienone is 1. The molecule has 0 atom stereocenters. The van der Waals surface area contributed by atoms with Crippen LogP contribution in [-0.2, 0) is 12.8 Å². The average Bonchev–Trinajstić information content (AvgIpc) is 2.69. The molecule has 0 heterocycles. The van der Waals surface area contributed by atoms with E-state index >= 15 is 0 Å². The molecule has 0 aliphatic heterocycles. The Hall–Kier alpha value is -1.82. The molecule has 0 nitrogen and oxygen atoms in total. The van der Waals surface area contributed by atoms with Gasteiger partial charge in [0.2, 0.25) is 0 Å². The summed E-state index contributed by atoms with van der Waals surface area (Å²) in [6, 6.07) is 18.1. The van der Waals surface area contributed by atoms with Gasteiger partial charge < -0.3 is 0 Å². The van der Waals surface area contributed by atoms with Crippen LogP contribution in [0.15, 0.2) is 61.2 Å². The van der Waals surface area contributed by atoms with Crippen molar-refractivity contribution in [3.8, 4) is 11.1 Å². The molecular weight excluding hydrogens is 312 g/mol. The fraction of sp³-hybridized carbons (Fsp3) is 0.462. The third kappa shape index (κ3) is 7.60. The Kier molecular flexibility index (Phi) is 9.87. The minimum Gasteiger partial charge on any atom is -0.103 e. The summed E-state index contributed by atoms with van der Waals surface area (Å²) in [5.74, 6) is 0. The number of unbranched alkanes of at least 4 members (excludes halogenated alkanes) is 7. The van der Waals surface area contributed by atoms with Crippen LogP contribution in [0.3, 0.4) is 0 Å². The SMILES string of the molecule is C=CCCc1ccc(-c2ccc(CCCCCCCCCC)cc2)cc1. The predicted octanol–water partition coefficient (Wildman–Crippen LogP) is 8.16. The van der Waals surface area contributed by atoms with Crippen molar-refractivity contribution in [1.29, 1.82) is 0 Å². The third-order valence-electron chi connectivity index (χ3n) is 5.20. The zero-order valence-corrected chi connectivity index (χ0v) is 16.7. The van der Waals surface area contributed by atoms with Crippen LogP contribution < -0.4 is 0 Å². The smallest absolute Gasteiger partial charge is 0.0184 e. The maximum absolute atomic E-state index is 3.80. The molecule has 0 radical (unpaired) electrons. The summed E-state index contributed by atoms with van der Waals surface area (Å²) in [7, 11) is 0. The van der Waals surface area contributed by atoms with Gasteiger partial charge in [0.25, 0.3) is 0 Å². The van der Waals surface area contributed by atoms with Gasteiger partial charge in [0.1, 0.15) is 0 Å². The lowest BCUT2D eigenvalue weighted by Crippen LogP contribution is -1.88. The fourth-order valence-corrected chi connectivity index (χ4v) is 3.46. The zero-order chi connectivity index (χ0) is 18.5. The first-order valence-corrected chi connectivity index (χ1v) is 10.6. The molecule has 2 rings (SSSR count). The minimum absolute atomic E-state index is 1.05. The van der Waals surface area contributed by atoms with Gasteiger partial charge in [-0.05, 0) is 47.9 Å². The van der Waals surface area contributed by atoms with Crippen molar-refractivity contribution in [2.45, 2.75) is 77.6 Å². The highest BCUT2D eigenvalue weighted by molar-refractivity contribution is 5.63. The lowest BCUT2D eigenvalue weighted by atomic mass is 9.99. The Morgan fingerprint density at radius 1 is 0.615 bits per heavy atom. The van der Waals surface area contributed by atoms with Gasteiger partial charge in [-0.3, -0.25) is 0 Å². The largest absolute Gasteiger partial charge is 0.103 e. The lowest BCUT2D eigenvalue weighted by molar-refractivity contribution is 0.575. The van der Waals surface area contributed by atoms with Crippen LogP contribution in [-0.4, -0.2) is 0 Å². The Morgan fingerprint density at radius 2 is 1.08 bits per heavy atom. The second kappa shape index (κ2) is 12.5.